The molecule has 66 heavy (non-hydrogen) atoms. The number of hydrogen-bond donors (Lipinski definition) is 0. The zero-order valence-corrected chi connectivity index (χ0v) is 35.9. The number of rotatable bonds is 4. The summed E-state index contributed by atoms with van der Waals surface area (Å²) in [5.74, 6) is 1.71. The molecule has 0 spiro atoms. The van der Waals surface area contributed by atoms with Crippen LogP contribution in [-0.4, -0.2) is 24.1 Å². The molecular weight excluding hydrogens is 827 g/mol. The van der Waals surface area contributed by atoms with Crippen LogP contribution >= 0.6 is 11.3 Å². The van der Waals surface area contributed by atoms with E-state index in [2.05, 4.69) is 209 Å². The van der Waals surface area contributed by atoms with Crippen molar-refractivity contribution in [2.24, 2.45) is 0 Å². The van der Waals surface area contributed by atoms with Crippen LogP contribution in [0.3, 0.4) is 0 Å². The summed E-state index contributed by atoms with van der Waals surface area (Å²) >= 11 is 1.79. The Morgan fingerprint density at radius 1 is 0.364 bits per heavy atom. The molecule has 0 saturated heterocycles. The van der Waals surface area contributed by atoms with E-state index >= 15 is 0 Å². The maximum Gasteiger partial charge on any atom is 0.238 e. The second-order valence-corrected chi connectivity index (χ2v) is 18.2. The van der Waals surface area contributed by atoms with E-state index in [1.54, 1.807) is 11.3 Å². The Balaban J connectivity index is 1.10. The quantitative estimate of drug-likeness (QED) is 0.177. The Hall–Kier alpha value is -8.65. The molecule has 7 heteroatoms. The fourth-order valence-electron chi connectivity index (χ4n) is 10.6. The van der Waals surface area contributed by atoms with Crippen LogP contribution < -0.4 is 0 Å². The highest BCUT2D eigenvalue weighted by molar-refractivity contribution is 7.25. The lowest BCUT2D eigenvalue weighted by Crippen LogP contribution is -2.08. The average molecular weight is 860 g/mol. The maximum absolute atomic E-state index is 6.85. The predicted molar refractivity (Wildman–Crippen MR) is 275 cm³/mol. The molecular formula is C59H33N5OS. The van der Waals surface area contributed by atoms with Crippen molar-refractivity contribution < 1.29 is 4.42 Å². The SMILES string of the molecule is c1ccc2cc3c(cc2c1)oc1ccc(-c2nc(-c4ccc5c(c4)sc4ccccc45)nc(-n4c5ccccc5c5ccccc54)n2)c(-n2c4ccccc4c4cc5ccccc5cc42)c13. The Kier molecular flexibility index (Phi) is 7.28. The molecule has 0 unspecified atom stereocenters. The van der Waals surface area contributed by atoms with E-state index in [9.17, 15) is 0 Å². The second kappa shape index (κ2) is 13.4. The molecule has 5 aromatic heterocycles. The summed E-state index contributed by atoms with van der Waals surface area (Å²) in [5, 5.41) is 13.7. The van der Waals surface area contributed by atoms with E-state index in [1.807, 2.05) is 0 Å². The molecule has 0 fully saturated rings. The third kappa shape index (κ3) is 5.08. The van der Waals surface area contributed by atoms with Crippen molar-refractivity contribution in [2.45, 2.75) is 0 Å². The van der Waals surface area contributed by atoms with Crippen LogP contribution in [0.4, 0.5) is 0 Å². The van der Waals surface area contributed by atoms with Gasteiger partial charge in [0.15, 0.2) is 11.6 Å². The van der Waals surface area contributed by atoms with E-state index < -0.39 is 0 Å². The standard InChI is InChI=1S/C59H33N5OS/c1-3-15-36-31-50-45(29-34(36)13-1)41-19-7-9-21-47(41)63(50)56-44(27-28-51-55(56)46-30-35-14-2-4-16-37(35)32-52(46)65-51)58-60-57(38-25-26-43-42-20-8-12-24-53(42)66-54(43)33-38)61-59(62-58)64-48-22-10-5-17-39(48)40-18-6-11-23-49(40)64/h1-33H. The number of fused-ring (bicyclic) bond motifs is 14. The Morgan fingerprint density at radius 3 is 1.65 bits per heavy atom. The predicted octanol–water partition coefficient (Wildman–Crippen LogP) is 16.0. The highest BCUT2D eigenvalue weighted by atomic mass is 32.1. The summed E-state index contributed by atoms with van der Waals surface area (Å²) in [6, 6.07) is 71.4. The maximum atomic E-state index is 6.85. The molecule has 0 aliphatic heterocycles. The lowest BCUT2D eigenvalue weighted by atomic mass is 10.0. The number of aromatic nitrogens is 5. The van der Waals surface area contributed by atoms with Gasteiger partial charge in [0.2, 0.25) is 5.95 Å². The van der Waals surface area contributed by atoms with Crippen molar-refractivity contribution in [3.63, 3.8) is 0 Å². The van der Waals surface area contributed by atoms with Gasteiger partial charge in [0.1, 0.15) is 11.2 Å². The monoisotopic (exact) mass is 859 g/mol. The van der Waals surface area contributed by atoms with Crippen molar-refractivity contribution in [3.8, 4) is 34.4 Å². The van der Waals surface area contributed by atoms with Gasteiger partial charge in [-0.1, -0.05) is 133 Å². The first kappa shape index (κ1) is 35.8. The minimum Gasteiger partial charge on any atom is -0.456 e. The molecule has 0 atom stereocenters. The smallest absolute Gasteiger partial charge is 0.238 e. The molecule has 0 N–H and O–H groups in total. The second-order valence-electron chi connectivity index (χ2n) is 17.2. The third-order valence-corrected chi connectivity index (χ3v) is 14.7. The molecule has 0 saturated carbocycles. The van der Waals surface area contributed by atoms with Gasteiger partial charge in [0, 0.05) is 58.2 Å². The first-order chi connectivity index (χ1) is 32.7. The van der Waals surface area contributed by atoms with Crippen LogP contribution in [0.15, 0.2) is 205 Å². The zero-order valence-electron chi connectivity index (χ0n) is 35.1. The Morgan fingerprint density at radius 2 is 0.924 bits per heavy atom. The average Bonchev–Trinajstić information content (AvgIpc) is 4.12. The topological polar surface area (TPSA) is 61.7 Å². The van der Waals surface area contributed by atoms with Crippen LogP contribution in [-0.2, 0) is 0 Å². The van der Waals surface area contributed by atoms with Gasteiger partial charge in [-0.2, -0.15) is 9.97 Å². The van der Waals surface area contributed by atoms with Gasteiger partial charge in [-0.05, 0) is 88.3 Å². The third-order valence-electron chi connectivity index (χ3n) is 13.5. The summed E-state index contributed by atoms with van der Waals surface area (Å²) < 4.78 is 13.9. The van der Waals surface area contributed by atoms with Crippen LogP contribution in [0.2, 0.25) is 0 Å². The van der Waals surface area contributed by atoms with E-state index in [1.165, 1.54) is 41.7 Å². The van der Waals surface area contributed by atoms with Crippen LogP contribution in [0.25, 0.3) is 142 Å². The van der Waals surface area contributed by atoms with Gasteiger partial charge in [-0.15, -0.1) is 11.3 Å². The molecule has 0 aliphatic rings. The molecule has 0 amide bonds. The van der Waals surface area contributed by atoms with Crippen molar-refractivity contribution in [1.82, 2.24) is 24.1 Å². The highest BCUT2D eigenvalue weighted by Gasteiger charge is 2.26. The largest absolute Gasteiger partial charge is 0.456 e. The van der Waals surface area contributed by atoms with E-state index in [-0.39, 0.29) is 0 Å². The van der Waals surface area contributed by atoms with Crippen molar-refractivity contribution in [1.29, 1.82) is 0 Å². The minimum absolute atomic E-state index is 0.547. The van der Waals surface area contributed by atoms with Crippen molar-refractivity contribution in [2.75, 3.05) is 0 Å². The normalized spacial score (nSPS) is 12.2. The lowest BCUT2D eigenvalue weighted by Gasteiger charge is -2.17. The van der Waals surface area contributed by atoms with Gasteiger partial charge < -0.3 is 8.98 Å². The van der Waals surface area contributed by atoms with Gasteiger partial charge in [0.25, 0.3) is 0 Å². The minimum atomic E-state index is 0.547. The van der Waals surface area contributed by atoms with Gasteiger partial charge in [-0.3, -0.25) is 4.57 Å². The Labute approximate surface area is 379 Å². The van der Waals surface area contributed by atoms with Crippen LogP contribution in [0.5, 0.6) is 0 Å². The zero-order chi connectivity index (χ0) is 43.0. The van der Waals surface area contributed by atoms with Gasteiger partial charge in [0.05, 0.1) is 33.1 Å². The highest BCUT2D eigenvalue weighted by Crippen LogP contribution is 2.45. The van der Waals surface area contributed by atoms with E-state index in [4.69, 9.17) is 19.4 Å². The Bertz CT molecular complexity index is 4500. The fraction of sp³-hybridized carbons (Fsp3) is 0. The van der Waals surface area contributed by atoms with Crippen molar-refractivity contribution in [3.05, 3.63) is 200 Å². The molecule has 0 radical (unpaired) electrons. The number of thiophene rings is 1. The number of hydrogen-bond acceptors (Lipinski definition) is 5. The van der Waals surface area contributed by atoms with Gasteiger partial charge >= 0.3 is 0 Å². The fourth-order valence-corrected chi connectivity index (χ4v) is 11.7. The molecule has 5 heterocycles. The first-order valence-electron chi connectivity index (χ1n) is 22.2. The molecule has 15 aromatic rings. The summed E-state index contributed by atoms with van der Waals surface area (Å²) in [7, 11) is 0. The molecule has 0 aliphatic carbocycles. The summed E-state index contributed by atoms with van der Waals surface area (Å²) in [4.78, 5) is 16.5. The van der Waals surface area contributed by atoms with Crippen LogP contribution in [0.1, 0.15) is 0 Å². The van der Waals surface area contributed by atoms with E-state index in [0.717, 1.165) is 82.4 Å². The summed E-state index contributed by atoms with van der Waals surface area (Å²) in [5.41, 5.74) is 8.58. The number of nitrogens with zero attached hydrogens (tertiary/aromatic N) is 5. The molecule has 15 rings (SSSR count). The van der Waals surface area contributed by atoms with Gasteiger partial charge in [-0.25, -0.2) is 4.98 Å². The summed E-state index contributed by atoms with van der Waals surface area (Å²) in [6.45, 7) is 0. The van der Waals surface area contributed by atoms with Crippen molar-refractivity contribution >= 4 is 119 Å². The number of benzene rings is 10. The molecule has 10 aromatic carbocycles. The van der Waals surface area contributed by atoms with Crippen LogP contribution in [0, 0.1) is 0 Å². The number of furan rings is 1. The lowest BCUT2D eigenvalue weighted by molar-refractivity contribution is 0.669. The summed E-state index contributed by atoms with van der Waals surface area (Å²) in [6.07, 6.45) is 0. The molecule has 306 valence electrons. The first-order valence-corrected chi connectivity index (χ1v) is 23.0. The molecule has 0 bridgehead atoms. The van der Waals surface area contributed by atoms with E-state index in [0.29, 0.717) is 17.6 Å². The molecule has 6 nitrogen and oxygen atoms in total. The number of para-hydroxylation sites is 3.